The van der Waals surface area contributed by atoms with Crippen LogP contribution in [0.25, 0.3) is 10.8 Å². The molecule has 3 aromatic rings. The van der Waals surface area contributed by atoms with Crippen molar-refractivity contribution in [3.05, 3.63) is 82.7 Å². The summed E-state index contributed by atoms with van der Waals surface area (Å²) >= 11 is 3.79. The highest BCUT2D eigenvalue weighted by Crippen LogP contribution is 2.36. The van der Waals surface area contributed by atoms with E-state index in [2.05, 4.69) is 46.3 Å². The molecule has 0 N–H and O–H groups in total. The predicted octanol–water partition coefficient (Wildman–Crippen LogP) is 6.08. The molecule has 0 nitrogen and oxygen atoms in total. The van der Waals surface area contributed by atoms with E-state index in [-0.39, 0.29) is 10.6 Å². The Morgan fingerprint density at radius 2 is 1.52 bits per heavy atom. The van der Waals surface area contributed by atoms with Crippen LogP contribution < -0.4 is 0 Å². The lowest BCUT2D eigenvalue weighted by atomic mass is 9.96. The van der Waals surface area contributed by atoms with E-state index in [0.717, 1.165) is 5.56 Å². The number of aryl methyl sites for hydroxylation is 2. The third-order valence-electron chi connectivity index (χ3n) is 3.85. The zero-order valence-electron chi connectivity index (χ0n) is 12.0. The van der Waals surface area contributed by atoms with Crippen LogP contribution in [0.5, 0.6) is 0 Å². The molecule has 0 amide bonds. The van der Waals surface area contributed by atoms with Gasteiger partial charge in [-0.25, -0.2) is 4.39 Å². The van der Waals surface area contributed by atoms with Crippen molar-refractivity contribution in [2.24, 2.45) is 0 Å². The molecule has 0 bridgehead atoms. The quantitative estimate of drug-likeness (QED) is 0.495. The number of halogens is 2. The lowest BCUT2D eigenvalue weighted by Crippen LogP contribution is -1.98. The molecule has 0 saturated carbocycles. The lowest BCUT2D eigenvalue weighted by molar-refractivity contribution is 0.608. The van der Waals surface area contributed by atoms with Crippen molar-refractivity contribution in [1.82, 2.24) is 0 Å². The molecule has 1 unspecified atom stereocenters. The van der Waals surface area contributed by atoms with Gasteiger partial charge in [0, 0.05) is 0 Å². The van der Waals surface area contributed by atoms with Crippen LogP contribution in [0.4, 0.5) is 4.39 Å². The number of rotatable bonds is 2. The summed E-state index contributed by atoms with van der Waals surface area (Å²) < 4.78 is 13.8. The largest absolute Gasteiger partial charge is 0.206 e. The fourth-order valence-electron chi connectivity index (χ4n) is 2.78. The first-order valence-corrected chi connectivity index (χ1v) is 7.88. The highest BCUT2D eigenvalue weighted by Gasteiger charge is 2.15. The Morgan fingerprint density at radius 1 is 0.905 bits per heavy atom. The van der Waals surface area contributed by atoms with E-state index >= 15 is 0 Å². The van der Waals surface area contributed by atoms with Gasteiger partial charge in [-0.2, -0.15) is 0 Å². The van der Waals surface area contributed by atoms with E-state index in [1.165, 1.54) is 16.3 Å². The second kappa shape index (κ2) is 5.61. The predicted molar refractivity (Wildman–Crippen MR) is 90.6 cm³/mol. The molecule has 106 valence electrons. The van der Waals surface area contributed by atoms with Crippen molar-refractivity contribution in [1.29, 1.82) is 0 Å². The zero-order valence-corrected chi connectivity index (χ0v) is 13.6. The number of hydrogen-bond acceptors (Lipinski definition) is 0. The minimum atomic E-state index is -0.114. The molecule has 0 spiro atoms. The van der Waals surface area contributed by atoms with Crippen LogP contribution in [0.3, 0.4) is 0 Å². The molecular formula is C19H16BrF. The summed E-state index contributed by atoms with van der Waals surface area (Å²) in [5.41, 5.74) is 3.67. The third-order valence-corrected chi connectivity index (χ3v) is 4.87. The molecule has 3 aromatic carbocycles. The molecule has 0 fully saturated rings. The van der Waals surface area contributed by atoms with Gasteiger partial charge in [-0.05, 0) is 46.9 Å². The van der Waals surface area contributed by atoms with Crippen LogP contribution in [0.1, 0.15) is 27.1 Å². The van der Waals surface area contributed by atoms with Gasteiger partial charge in [0.1, 0.15) is 5.82 Å². The molecular weight excluding hydrogens is 327 g/mol. The SMILES string of the molecule is Cc1cc(C(Br)c2cccc3ccccc23)cc(C)c1F. The number of alkyl halides is 1. The first kappa shape index (κ1) is 14.3. The molecule has 0 aliphatic carbocycles. The highest BCUT2D eigenvalue weighted by molar-refractivity contribution is 9.09. The summed E-state index contributed by atoms with van der Waals surface area (Å²) in [5, 5.41) is 2.44. The van der Waals surface area contributed by atoms with Crippen molar-refractivity contribution in [2.45, 2.75) is 18.7 Å². The molecule has 0 aliphatic heterocycles. The molecule has 0 aromatic heterocycles. The van der Waals surface area contributed by atoms with Gasteiger partial charge in [0.05, 0.1) is 4.83 Å². The van der Waals surface area contributed by atoms with Crippen LogP contribution >= 0.6 is 15.9 Å². The smallest absolute Gasteiger partial charge is 0.129 e. The first-order valence-electron chi connectivity index (χ1n) is 6.96. The lowest BCUT2D eigenvalue weighted by Gasteiger charge is -2.15. The zero-order chi connectivity index (χ0) is 15.0. The summed E-state index contributed by atoms with van der Waals surface area (Å²) in [5.74, 6) is -0.114. The molecule has 0 saturated heterocycles. The Hall–Kier alpha value is -1.67. The Labute approximate surface area is 132 Å². The normalized spacial score (nSPS) is 12.6. The van der Waals surface area contributed by atoms with Gasteiger partial charge < -0.3 is 0 Å². The van der Waals surface area contributed by atoms with Crippen LogP contribution in [-0.4, -0.2) is 0 Å². The average molecular weight is 343 g/mol. The Kier molecular flexibility index (Phi) is 3.81. The van der Waals surface area contributed by atoms with Gasteiger partial charge in [0.2, 0.25) is 0 Å². The maximum atomic E-state index is 13.8. The molecule has 0 radical (unpaired) electrons. The van der Waals surface area contributed by atoms with Gasteiger partial charge in [-0.1, -0.05) is 70.5 Å². The number of benzene rings is 3. The maximum absolute atomic E-state index is 13.8. The van der Waals surface area contributed by atoms with Crippen LogP contribution in [-0.2, 0) is 0 Å². The van der Waals surface area contributed by atoms with Gasteiger partial charge >= 0.3 is 0 Å². The summed E-state index contributed by atoms with van der Waals surface area (Å²) in [6.07, 6.45) is 0. The first-order chi connectivity index (χ1) is 10.1. The summed E-state index contributed by atoms with van der Waals surface area (Å²) in [4.78, 5) is 0.0570. The van der Waals surface area contributed by atoms with Gasteiger partial charge in [-0.15, -0.1) is 0 Å². The van der Waals surface area contributed by atoms with E-state index in [9.17, 15) is 4.39 Å². The van der Waals surface area contributed by atoms with Crippen molar-refractivity contribution < 1.29 is 4.39 Å². The van der Waals surface area contributed by atoms with Gasteiger partial charge in [-0.3, -0.25) is 0 Å². The van der Waals surface area contributed by atoms with E-state index in [4.69, 9.17) is 0 Å². The van der Waals surface area contributed by atoms with Crippen molar-refractivity contribution in [2.75, 3.05) is 0 Å². The number of hydrogen-bond donors (Lipinski definition) is 0. The molecule has 3 rings (SSSR count). The van der Waals surface area contributed by atoms with Crippen molar-refractivity contribution in [3.8, 4) is 0 Å². The Balaban J connectivity index is 2.15. The average Bonchev–Trinajstić information content (AvgIpc) is 2.51. The second-order valence-corrected chi connectivity index (χ2v) is 6.32. The highest BCUT2D eigenvalue weighted by atomic mass is 79.9. The fourth-order valence-corrected chi connectivity index (χ4v) is 3.44. The second-order valence-electron chi connectivity index (χ2n) is 5.40. The van der Waals surface area contributed by atoms with E-state index in [1.54, 1.807) is 0 Å². The van der Waals surface area contributed by atoms with E-state index in [0.29, 0.717) is 11.1 Å². The molecule has 2 heteroatoms. The molecule has 0 aliphatic rings. The van der Waals surface area contributed by atoms with E-state index < -0.39 is 0 Å². The number of fused-ring (bicyclic) bond motifs is 1. The van der Waals surface area contributed by atoms with Gasteiger partial charge in [0.15, 0.2) is 0 Å². The fraction of sp³-hybridized carbons (Fsp3) is 0.158. The minimum absolute atomic E-state index is 0.0570. The standard InChI is InChI=1S/C19H16BrF/c1-12-10-15(11-13(2)19(12)21)18(20)17-9-5-7-14-6-3-4-8-16(14)17/h3-11,18H,1-2H3. The van der Waals surface area contributed by atoms with Crippen LogP contribution in [0.15, 0.2) is 54.6 Å². The molecule has 21 heavy (non-hydrogen) atoms. The van der Waals surface area contributed by atoms with E-state index in [1.807, 2.05) is 38.1 Å². The van der Waals surface area contributed by atoms with Crippen molar-refractivity contribution >= 4 is 26.7 Å². The summed E-state index contributed by atoms with van der Waals surface area (Å²) in [7, 11) is 0. The van der Waals surface area contributed by atoms with Crippen molar-refractivity contribution in [3.63, 3.8) is 0 Å². The monoisotopic (exact) mass is 342 g/mol. The minimum Gasteiger partial charge on any atom is -0.206 e. The Bertz CT molecular complexity index is 779. The topological polar surface area (TPSA) is 0 Å². The summed E-state index contributed by atoms with van der Waals surface area (Å²) in [6, 6.07) is 18.5. The third kappa shape index (κ3) is 2.60. The van der Waals surface area contributed by atoms with Crippen LogP contribution in [0.2, 0.25) is 0 Å². The van der Waals surface area contributed by atoms with Crippen LogP contribution in [0, 0.1) is 19.7 Å². The maximum Gasteiger partial charge on any atom is 0.129 e. The van der Waals surface area contributed by atoms with Gasteiger partial charge in [0.25, 0.3) is 0 Å². The summed E-state index contributed by atoms with van der Waals surface area (Å²) in [6.45, 7) is 3.63. The molecule has 0 heterocycles. The Morgan fingerprint density at radius 3 is 2.24 bits per heavy atom. The molecule has 1 atom stereocenters.